The van der Waals surface area contributed by atoms with Crippen LogP contribution in [0.5, 0.6) is 0 Å². The first-order chi connectivity index (χ1) is 12.4. The monoisotopic (exact) mass is 364 g/mol. The van der Waals surface area contributed by atoms with Crippen molar-refractivity contribution in [1.29, 1.82) is 0 Å². The molecule has 0 aromatic heterocycles. The fourth-order valence-electron chi connectivity index (χ4n) is 7.85. The molecule has 9 atom stereocenters. The Balaban J connectivity index is 1.69. The van der Waals surface area contributed by atoms with Crippen LogP contribution in [0.3, 0.4) is 0 Å². The van der Waals surface area contributed by atoms with E-state index in [1.807, 2.05) is 0 Å². The Hall–Kier alpha value is -0.780. The summed E-state index contributed by atoms with van der Waals surface area (Å²) < 4.78 is 0. The van der Waals surface area contributed by atoms with Crippen LogP contribution in [0.2, 0.25) is 0 Å². The lowest BCUT2D eigenvalue weighted by atomic mass is 9.43. The summed E-state index contributed by atoms with van der Waals surface area (Å²) in [7, 11) is 0. The Morgan fingerprint density at radius 3 is 2.62 bits per heavy atom. The summed E-state index contributed by atoms with van der Waals surface area (Å²) in [6.07, 6.45) is 6.51. The maximum absolute atomic E-state index is 12.3. The van der Waals surface area contributed by atoms with Crippen LogP contribution < -0.4 is 0 Å². The summed E-state index contributed by atoms with van der Waals surface area (Å²) in [5, 5.41) is 30.7. The summed E-state index contributed by atoms with van der Waals surface area (Å²) in [6, 6.07) is 0. The van der Waals surface area contributed by atoms with Gasteiger partial charge in [0, 0.05) is 11.3 Å². The van der Waals surface area contributed by atoms with E-state index in [0.29, 0.717) is 18.8 Å². The SMILES string of the molecule is C[C@]12CC[C@H](O)C[C@H]1CC[C@@H]1[C@@H]2[C@@H](O)C[C@]2(C=O)[C@@H](C(=O)CO)CC[C@@H]12. The third-order valence-electron chi connectivity index (χ3n) is 8.94. The van der Waals surface area contributed by atoms with E-state index in [2.05, 4.69) is 6.92 Å². The predicted molar refractivity (Wildman–Crippen MR) is 95.1 cm³/mol. The fourth-order valence-corrected chi connectivity index (χ4v) is 7.85. The summed E-state index contributed by atoms with van der Waals surface area (Å²) in [6.45, 7) is 1.76. The van der Waals surface area contributed by atoms with E-state index < -0.39 is 24.0 Å². The number of ketones is 1. The number of aliphatic hydroxyl groups excluding tert-OH is 3. The number of Topliss-reactive ketones (excluding diaryl/α,β-unsaturated/α-hetero) is 1. The van der Waals surface area contributed by atoms with Crippen molar-refractivity contribution < 1.29 is 24.9 Å². The lowest BCUT2D eigenvalue weighted by Crippen LogP contribution is -2.60. The van der Waals surface area contributed by atoms with Gasteiger partial charge in [-0.1, -0.05) is 6.92 Å². The van der Waals surface area contributed by atoms with Crippen molar-refractivity contribution in [2.75, 3.05) is 6.61 Å². The highest BCUT2D eigenvalue weighted by Gasteiger charge is 2.65. The molecule has 0 heterocycles. The minimum absolute atomic E-state index is 0.00960. The summed E-state index contributed by atoms with van der Waals surface area (Å²) in [5.41, 5.74) is -0.784. The molecular formula is C21H32O5. The zero-order valence-corrected chi connectivity index (χ0v) is 15.6. The average Bonchev–Trinajstić information content (AvgIpc) is 3.00. The number of hydrogen-bond acceptors (Lipinski definition) is 5. The van der Waals surface area contributed by atoms with Gasteiger partial charge in [0.05, 0.1) is 12.2 Å². The first-order valence-electron chi connectivity index (χ1n) is 10.3. The Labute approximate surface area is 155 Å². The van der Waals surface area contributed by atoms with Crippen LogP contribution in [0.15, 0.2) is 0 Å². The summed E-state index contributed by atoms with van der Waals surface area (Å²) in [4.78, 5) is 24.6. The van der Waals surface area contributed by atoms with E-state index >= 15 is 0 Å². The third-order valence-corrected chi connectivity index (χ3v) is 8.94. The summed E-state index contributed by atoms with van der Waals surface area (Å²) >= 11 is 0. The molecule has 0 amide bonds. The van der Waals surface area contributed by atoms with Crippen LogP contribution in [-0.2, 0) is 9.59 Å². The number of rotatable bonds is 3. The second-order valence-corrected chi connectivity index (χ2v) is 9.76. The van der Waals surface area contributed by atoms with Gasteiger partial charge in [-0.15, -0.1) is 0 Å². The minimum atomic E-state index is -0.794. The van der Waals surface area contributed by atoms with Gasteiger partial charge in [0.15, 0.2) is 5.78 Å². The zero-order chi connectivity index (χ0) is 18.7. The Kier molecular flexibility index (Phi) is 4.56. The number of carbonyl (C=O) groups is 2. The topological polar surface area (TPSA) is 94.8 Å². The van der Waals surface area contributed by atoms with Crippen molar-refractivity contribution in [3.8, 4) is 0 Å². The van der Waals surface area contributed by atoms with E-state index in [0.717, 1.165) is 44.8 Å². The molecule has 146 valence electrons. The number of hydrogen-bond donors (Lipinski definition) is 3. The molecule has 0 aliphatic heterocycles. The van der Waals surface area contributed by atoms with Crippen molar-refractivity contribution in [3.05, 3.63) is 0 Å². The molecule has 4 aliphatic rings. The van der Waals surface area contributed by atoms with Gasteiger partial charge in [0.1, 0.15) is 12.9 Å². The highest BCUT2D eigenvalue weighted by atomic mass is 16.3. The number of aldehydes is 1. The lowest BCUT2D eigenvalue weighted by molar-refractivity contribution is -0.182. The molecule has 0 aromatic carbocycles. The molecular weight excluding hydrogens is 332 g/mol. The lowest BCUT2D eigenvalue weighted by Gasteiger charge is -2.61. The van der Waals surface area contributed by atoms with Gasteiger partial charge in [0.2, 0.25) is 0 Å². The first-order valence-corrected chi connectivity index (χ1v) is 10.3. The zero-order valence-electron chi connectivity index (χ0n) is 15.6. The second kappa shape index (κ2) is 6.39. The largest absolute Gasteiger partial charge is 0.393 e. The molecule has 0 aromatic rings. The minimum Gasteiger partial charge on any atom is -0.393 e. The molecule has 0 saturated heterocycles. The predicted octanol–water partition coefficient (Wildman–Crippen LogP) is 1.72. The van der Waals surface area contributed by atoms with Gasteiger partial charge in [0.25, 0.3) is 0 Å². The van der Waals surface area contributed by atoms with E-state index in [4.69, 9.17) is 0 Å². The van der Waals surface area contributed by atoms with Crippen molar-refractivity contribution in [1.82, 2.24) is 0 Å². The number of carbonyl (C=O) groups excluding carboxylic acids is 2. The molecule has 4 saturated carbocycles. The maximum atomic E-state index is 12.3. The van der Waals surface area contributed by atoms with Crippen LogP contribution in [-0.4, -0.2) is 46.2 Å². The maximum Gasteiger partial charge on any atom is 0.162 e. The molecule has 5 nitrogen and oxygen atoms in total. The van der Waals surface area contributed by atoms with E-state index in [9.17, 15) is 24.9 Å². The molecule has 5 heteroatoms. The quantitative estimate of drug-likeness (QED) is 0.663. The molecule has 0 spiro atoms. The molecule has 0 radical (unpaired) electrons. The van der Waals surface area contributed by atoms with E-state index in [-0.39, 0.29) is 35.1 Å². The highest BCUT2D eigenvalue weighted by Crippen LogP contribution is 2.67. The van der Waals surface area contributed by atoms with Gasteiger partial charge >= 0.3 is 0 Å². The fraction of sp³-hybridized carbons (Fsp3) is 0.905. The van der Waals surface area contributed by atoms with Crippen LogP contribution in [0.4, 0.5) is 0 Å². The highest BCUT2D eigenvalue weighted by molar-refractivity contribution is 5.87. The Bertz CT molecular complexity index is 591. The van der Waals surface area contributed by atoms with Crippen molar-refractivity contribution in [2.24, 2.45) is 40.4 Å². The smallest absolute Gasteiger partial charge is 0.162 e. The van der Waals surface area contributed by atoms with Gasteiger partial charge in [-0.05, 0) is 80.5 Å². The van der Waals surface area contributed by atoms with Gasteiger partial charge in [-0.3, -0.25) is 4.79 Å². The first kappa shape index (κ1) is 18.6. The van der Waals surface area contributed by atoms with Crippen LogP contribution in [0, 0.1) is 40.4 Å². The molecule has 3 N–H and O–H groups in total. The van der Waals surface area contributed by atoms with Gasteiger partial charge in [-0.25, -0.2) is 0 Å². The van der Waals surface area contributed by atoms with Crippen molar-refractivity contribution >= 4 is 12.1 Å². The second-order valence-electron chi connectivity index (χ2n) is 9.76. The van der Waals surface area contributed by atoms with Crippen LogP contribution >= 0.6 is 0 Å². The van der Waals surface area contributed by atoms with Crippen LogP contribution in [0.1, 0.15) is 58.3 Å². The van der Waals surface area contributed by atoms with Crippen molar-refractivity contribution in [2.45, 2.75) is 70.5 Å². The van der Waals surface area contributed by atoms with Gasteiger partial charge in [-0.2, -0.15) is 0 Å². The number of fused-ring (bicyclic) bond motifs is 5. The summed E-state index contributed by atoms with van der Waals surface area (Å²) in [5.74, 6) is 0.294. The van der Waals surface area contributed by atoms with E-state index in [1.165, 1.54) is 0 Å². The molecule has 4 fully saturated rings. The van der Waals surface area contributed by atoms with E-state index in [1.54, 1.807) is 0 Å². The van der Waals surface area contributed by atoms with Gasteiger partial charge < -0.3 is 20.1 Å². The normalized spacial score (nSPS) is 53.3. The molecule has 4 rings (SSSR count). The standard InChI is InChI=1S/C21H32O5/c1-20-7-6-13(24)8-12(20)2-3-14-15-4-5-16(18(26)10-22)21(15,11-23)9-17(25)19(14)20/h11-17,19,22,24-25H,2-10H2,1H3/t12-,13+,14+,15+,16-,17+,19-,20+,21-/m1/s1. The van der Waals surface area contributed by atoms with Crippen molar-refractivity contribution in [3.63, 3.8) is 0 Å². The molecule has 26 heavy (non-hydrogen) atoms. The third kappa shape index (κ3) is 2.39. The average molecular weight is 364 g/mol. The molecule has 4 aliphatic carbocycles. The number of aliphatic hydroxyl groups is 3. The molecule has 0 bridgehead atoms. The Morgan fingerprint density at radius 2 is 1.92 bits per heavy atom. The van der Waals surface area contributed by atoms with Crippen LogP contribution in [0.25, 0.3) is 0 Å². The Morgan fingerprint density at radius 1 is 1.15 bits per heavy atom. The molecule has 0 unspecified atom stereocenters.